The van der Waals surface area contributed by atoms with Gasteiger partial charge in [0.05, 0.1) is 18.1 Å². The van der Waals surface area contributed by atoms with Crippen LogP contribution in [-0.2, 0) is 0 Å². The number of benzene rings is 1. The van der Waals surface area contributed by atoms with Gasteiger partial charge in [0.1, 0.15) is 0 Å². The average Bonchev–Trinajstić information content (AvgIpc) is 2.62. The number of nitrogens with zero attached hydrogens (tertiary/aromatic N) is 3. The largest absolute Gasteiger partial charge is 0.398 e. The van der Waals surface area contributed by atoms with Crippen molar-refractivity contribution in [2.45, 2.75) is 0 Å². The minimum absolute atomic E-state index is 0.688. The van der Waals surface area contributed by atoms with Crippen LogP contribution in [0, 0.1) is 0 Å². The quantitative estimate of drug-likeness (QED) is 0.769. The lowest BCUT2D eigenvalue weighted by Crippen LogP contribution is -1.96. The third-order valence-corrected chi connectivity index (χ3v) is 2.39. The van der Waals surface area contributed by atoms with Gasteiger partial charge in [-0.25, -0.2) is 4.68 Å². The van der Waals surface area contributed by atoms with E-state index < -0.39 is 0 Å². The summed E-state index contributed by atoms with van der Waals surface area (Å²) in [5, 5.41) is 7.56. The molecule has 0 radical (unpaired) electrons. The van der Waals surface area contributed by atoms with Crippen LogP contribution in [0.3, 0.4) is 0 Å². The molecule has 0 atom stereocenters. The lowest BCUT2D eigenvalue weighted by Gasteiger charge is -2.02. The summed E-state index contributed by atoms with van der Waals surface area (Å²) in [5.41, 5.74) is 7.31. The number of aromatic nitrogens is 3. The molecule has 0 saturated carbocycles. The number of hydrogen-bond donors (Lipinski definition) is 1. The maximum atomic E-state index is 5.72. The Kier molecular flexibility index (Phi) is 2.02. The molecule has 0 aliphatic rings. The molecule has 0 saturated heterocycles. The van der Waals surface area contributed by atoms with E-state index >= 15 is 0 Å². The normalized spacial score (nSPS) is 10.2. The van der Waals surface area contributed by atoms with E-state index in [1.54, 1.807) is 17.1 Å². The van der Waals surface area contributed by atoms with Gasteiger partial charge in [-0.1, -0.05) is 5.21 Å². The zero-order valence-electron chi connectivity index (χ0n) is 6.68. The molecule has 2 aromatic rings. The van der Waals surface area contributed by atoms with Gasteiger partial charge < -0.3 is 5.73 Å². The molecule has 1 aromatic carbocycles. The number of anilines is 1. The molecule has 0 aliphatic carbocycles. The van der Waals surface area contributed by atoms with Gasteiger partial charge >= 0.3 is 0 Å². The van der Waals surface area contributed by atoms with Gasteiger partial charge in [0, 0.05) is 10.2 Å². The number of halogens is 1. The molecule has 1 heterocycles. The van der Waals surface area contributed by atoms with Gasteiger partial charge in [-0.05, 0) is 34.1 Å². The zero-order chi connectivity index (χ0) is 9.26. The van der Waals surface area contributed by atoms with E-state index in [0.717, 1.165) is 10.2 Å². The molecule has 0 bridgehead atoms. The van der Waals surface area contributed by atoms with E-state index in [1.165, 1.54) is 0 Å². The second kappa shape index (κ2) is 3.18. The highest BCUT2D eigenvalue weighted by Gasteiger charge is 1.99. The van der Waals surface area contributed by atoms with Gasteiger partial charge in [-0.3, -0.25) is 0 Å². The molecule has 13 heavy (non-hydrogen) atoms. The zero-order valence-corrected chi connectivity index (χ0v) is 8.27. The van der Waals surface area contributed by atoms with Crippen LogP contribution in [0.2, 0.25) is 0 Å². The van der Waals surface area contributed by atoms with Gasteiger partial charge in [0.15, 0.2) is 0 Å². The topological polar surface area (TPSA) is 56.7 Å². The van der Waals surface area contributed by atoms with Crippen LogP contribution in [0.15, 0.2) is 35.1 Å². The van der Waals surface area contributed by atoms with Gasteiger partial charge in [0.2, 0.25) is 0 Å². The average molecular weight is 239 g/mol. The van der Waals surface area contributed by atoms with Crippen molar-refractivity contribution in [3.05, 3.63) is 35.1 Å². The number of hydrogen-bond acceptors (Lipinski definition) is 3. The van der Waals surface area contributed by atoms with Crippen LogP contribution in [0.5, 0.6) is 0 Å². The lowest BCUT2D eigenvalue weighted by atomic mass is 10.3. The number of nitrogen functional groups attached to an aromatic ring is 1. The lowest BCUT2D eigenvalue weighted by molar-refractivity contribution is 0.803. The fourth-order valence-corrected chi connectivity index (χ4v) is 1.27. The van der Waals surface area contributed by atoms with Crippen molar-refractivity contribution >= 4 is 21.6 Å². The summed E-state index contributed by atoms with van der Waals surface area (Å²) in [7, 11) is 0. The fraction of sp³-hybridized carbons (Fsp3) is 0. The molecule has 0 spiro atoms. The Balaban J connectivity index is 2.49. The first-order chi connectivity index (χ1) is 6.27. The summed E-state index contributed by atoms with van der Waals surface area (Å²) in [6.07, 6.45) is 3.39. The Labute approximate surface area is 83.5 Å². The predicted molar refractivity (Wildman–Crippen MR) is 53.5 cm³/mol. The van der Waals surface area contributed by atoms with Crippen LogP contribution in [-0.4, -0.2) is 15.0 Å². The Morgan fingerprint density at radius 1 is 1.38 bits per heavy atom. The second-order valence-electron chi connectivity index (χ2n) is 2.55. The van der Waals surface area contributed by atoms with Crippen LogP contribution < -0.4 is 5.73 Å². The van der Waals surface area contributed by atoms with Gasteiger partial charge in [0.25, 0.3) is 0 Å². The molecular weight excluding hydrogens is 232 g/mol. The van der Waals surface area contributed by atoms with Crippen molar-refractivity contribution in [2.24, 2.45) is 0 Å². The Hall–Kier alpha value is -1.36. The molecule has 2 N–H and O–H groups in total. The minimum Gasteiger partial charge on any atom is -0.398 e. The first-order valence-electron chi connectivity index (χ1n) is 3.69. The molecular formula is C8H7BrN4. The van der Waals surface area contributed by atoms with E-state index in [4.69, 9.17) is 5.73 Å². The summed E-state index contributed by atoms with van der Waals surface area (Å²) in [6.45, 7) is 0. The first-order valence-corrected chi connectivity index (χ1v) is 4.48. The number of rotatable bonds is 1. The smallest absolute Gasteiger partial charge is 0.0697 e. The van der Waals surface area contributed by atoms with E-state index in [-0.39, 0.29) is 0 Å². The standard InChI is InChI=1S/C8H7BrN4/c9-7-2-1-6(5-8(7)10)13-4-3-11-12-13/h1-5H,10H2. The summed E-state index contributed by atoms with van der Waals surface area (Å²) in [4.78, 5) is 0. The van der Waals surface area contributed by atoms with E-state index in [2.05, 4.69) is 26.2 Å². The van der Waals surface area contributed by atoms with Crippen molar-refractivity contribution in [1.29, 1.82) is 0 Å². The predicted octanol–water partition coefficient (Wildman–Crippen LogP) is 1.61. The van der Waals surface area contributed by atoms with Crippen LogP contribution in [0.4, 0.5) is 5.69 Å². The monoisotopic (exact) mass is 238 g/mol. The molecule has 1 aromatic heterocycles. The Morgan fingerprint density at radius 3 is 2.85 bits per heavy atom. The molecule has 0 amide bonds. The van der Waals surface area contributed by atoms with Crippen LogP contribution in [0.1, 0.15) is 0 Å². The van der Waals surface area contributed by atoms with Crippen LogP contribution in [0.25, 0.3) is 5.69 Å². The maximum Gasteiger partial charge on any atom is 0.0697 e. The molecule has 0 aliphatic heterocycles. The highest BCUT2D eigenvalue weighted by atomic mass is 79.9. The van der Waals surface area contributed by atoms with Gasteiger partial charge in [-0.2, -0.15) is 0 Å². The molecule has 0 fully saturated rings. The van der Waals surface area contributed by atoms with E-state index in [0.29, 0.717) is 5.69 Å². The van der Waals surface area contributed by atoms with Crippen molar-refractivity contribution in [3.63, 3.8) is 0 Å². The van der Waals surface area contributed by atoms with Crippen molar-refractivity contribution in [2.75, 3.05) is 5.73 Å². The number of nitrogens with two attached hydrogens (primary N) is 1. The van der Waals surface area contributed by atoms with Crippen molar-refractivity contribution < 1.29 is 0 Å². The first kappa shape index (κ1) is 8.25. The fourth-order valence-electron chi connectivity index (χ4n) is 1.02. The summed E-state index contributed by atoms with van der Waals surface area (Å²) >= 11 is 3.32. The highest BCUT2D eigenvalue weighted by molar-refractivity contribution is 9.10. The third-order valence-electron chi connectivity index (χ3n) is 1.67. The SMILES string of the molecule is Nc1cc(-n2ccnn2)ccc1Br. The van der Waals surface area contributed by atoms with Crippen molar-refractivity contribution in [1.82, 2.24) is 15.0 Å². The molecule has 2 rings (SSSR count). The van der Waals surface area contributed by atoms with Crippen LogP contribution >= 0.6 is 15.9 Å². The summed E-state index contributed by atoms with van der Waals surface area (Å²) < 4.78 is 2.54. The molecule has 0 unspecified atom stereocenters. The minimum atomic E-state index is 0.688. The highest BCUT2D eigenvalue weighted by Crippen LogP contribution is 2.21. The Morgan fingerprint density at radius 2 is 2.23 bits per heavy atom. The second-order valence-corrected chi connectivity index (χ2v) is 3.41. The van der Waals surface area contributed by atoms with Crippen molar-refractivity contribution in [3.8, 4) is 5.69 Å². The molecule has 4 nitrogen and oxygen atoms in total. The molecule has 5 heteroatoms. The van der Waals surface area contributed by atoms with E-state index in [9.17, 15) is 0 Å². The molecule has 66 valence electrons. The van der Waals surface area contributed by atoms with Gasteiger partial charge in [-0.15, -0.1) is 5.10 Å². The third kappa shape index (κ3) is 1.55. The summed E-state index contributed by atoms with van der Waals surface area (Å²) in [6, 6.07) is 5.63. The maximum absolute atomic E-state index is 5.72. The Bertz CT molecular complexity index is 410. The van der Waals surface area contributed by atoms with E-state index in [1.807, 2.05) is 18.2 Å². The summed E-state index contributed by atoms with van der Waals surface area (Å²) in [5.74, 6) is 0.